The van der Waals surface area contributed by atoms with Crippen molar-refractivity contribution in [3.63, 3.8) is 0 Å². The summed E-state index contributed by atoms with van der Waals surface area (Å²) in [6.07, 6.45) is 4.03. The molecule has 0 saturated carbocycles. The minimum Gasteiger partial charge on any atom is -0.497 e. The van der Waals surface area contributed by atoms with Crippen LogP contribution in [0.5, 0.6) is 5.75 Å². The largest absolute Gasteiger partial charge is 0.497 e. The zero-order valence-corrected chi connectivity index (χ0v) is 12.7. The number of methoxy groups -OCH3 is 1. The summed E-state index contributed by atoms with van der Waals surface area (Å²) in [7, 11) is 1.70. The van der Waals surface area contributed by atoms with E-state index in [-0.39, 0.29) is 0 Å². The lowest BCUT2D eigenvalue weighted by Crippen LogP contribution is -2.47. The first-order chi connectivity index (χ1) is 10.2. The number of benzene rings is 1. The highest BCUT2D eigenvalue weighted by Gasteiger charge is 2.26. The molecule has 0 spiro atoms. The molecule has 1 fully saturated rings. The van der Waals surface area contributed by atoms with E-state index in [4.69, 9.17) is 10.5 Å². The topological polar surface area (TPSA) is 51.4 Å². The third-order valence-corrected chi connectivity index (χ3v) is 4.57. The molecule has 1 saturated heterocycles. The molecule has 2 aromatic rings. The summed E-state index contributed by atoms with van der Waals surface area (Å²) in [4.78, 5) is 7.00. The maximum absolute atomic E-state index is 6.22. The van der Waals surface area contributed by atoms with Crippen molar-refractivity contribution in [1.82, 2.24) is 4.98 Å². The Kier molecular flexibility index (Phi) is 3.97. The summed E-state index contributed by atoms with van der Waals surface area (Å²) < 4.78 is 5.36. The van der Waals surface area contributed by atoms with Crippen LogP contribution in [-0.4, -0.2) is 31.2 Å². The third kappa shape index (κ3) is 2.68. The molecule has 4 heteroatoms. The van der Waals surface area contributed by atoms with Crippen molar-refractivity contribution in [1.29, 1.82) is 0 Å². The molecule has 1 aliphatic rings. The number of rotatable bonds is 3. The first-order valence-corrected chi connectivity index (χ1v) is 7.66. The fraction of sp³-hybridized carbons (Fsp3) is 0.471. The fourth-order valence-corrected chi connectivity index (χ4v) is 3.19. The summed E-state index contributed by atoms with van der Waals surface area (Å²) in [5, 5.41) is 2.35. The van der Waals surface area contributed by atoms with Gasteiger partial charge in [0.1, 0.15) is 11.6 Å². The molecule has 0 radical (unpaired) electrons. The molecule has 2 N–H and O–H groups in total. The molecule has 2 unspecified atom stereocenters. The molecule has 21 heavy (non-hydrogen) atoms. The van der Waals surface area contributed by atoms with Crippen molar-refractivity contribution in [3.8, 4) is 5.75 Å². The van der Waals surface area contributed by atoms with Gasteiger partial charge in [0.15, 0.2) is 0 Å². The van der Waals surface area contributed by atoms with Crippen molar-refractivity contribution >= 4 is 16.6 Å². The van der Waals surface area contributed by atoms with Gasteiger partial charge in [0.25, 0.3) is 0 Å². The molecule has 1 aromatic carbocycles. The summed E-state index contributed by atoms with van der Waals surface area (Å²) in [5.74, 6) is 2.47. The normalized spacial score (nSPS) is 22.5. The van der Waals surface area contributed by atoms with E-state index in [0.29, 0.717) is 12.0 Å². The second-order valence-electron chi connectivity index (χ2n) is 5.79. The van der Waals surface area contributed by atoms with Crippen LogP contribution in [0, 0.1) is 5.92 Å². The second-order valence-corrected chi connectivity index (χ2v) is 5.79. The Balaban J connectivity index is 1.99. The number of pyridine rings is 1. The van der Waals surface area contributed by atoms with Gasteiger partial charge < -0.3 is 15.4 Å². The highest BCUT2D eigenvalue weighted by Crippen LogP contribution is 2.31. The standard InChI is InChI=1S/C17H23N3O/c1-3-12-11-20(9-7-16(12)18)17-15-10-14(21-2)5-4-13(15)6-8-19-17/h4-6,8,10,12,16H,3,7,9,11,18H2,1-2H3. The lowest BCUT2D eigenvalue weighted by Gasteiger charge is -2.37. The Morgan fingerprint density at radius 3 is 3.00 bits per heavy atom. The van der Waals surface area contributed by atoms with Crippen molar-refractivity contribution in [3.05, 3.63) is 30.5 Å². The average Bonchev–Trinajstić information content (AvgIpc) is 2.54. The monoisotopic (exact) mass is 285 g/mol. The van der Waals surface area contributed by atoms with Crippen LogP contribution in [0.3, 0.4) is 0 Å². The maximum atomic E-state index is 6.22. The Bertz CT molecular complexity index is 628. The molecular weight excluding hydrogens is 262 g/mol. The van der Waals surface area contributed by atoms with Crippen LogP contribution in [0.1, 0.15) is 19.8 Å². The highest BCUT2D eigenvalue weighted by molar-refractivity contribution is 5.93. The number of aromatic nitrogens is 1. The number of nitrogens with zero attached hydrogens (tertiary/aromatic N) is 2. The quantitative estimate of drug-likeness (QED) is 0.942. The number of hydrogen-bond donors (Lipinski definition) is 1. The summed E-state index contributed by atoms with van der Waals surface area (Å²) in [6.45, 7) is 4.18. The van der Waals surface area contributed by atoms with Crippen LogP contribution in [-0.2, 0) is 0 Å². The molecule has 0 bridgehead atoms. The van der Waals surface area contributed by atoms with Crippen molar-refractivity contribution in [2.45, 2.75) is 25.8 Å². The van der Waals surface area contributed by atoms with Crippen molar-refractivity contribution < 1.29 is 4.74 Å². The first kappa shape index (κ1) is 14.1. The predicted molar refractivity (Wildman–Crippen MR) is 86.9 cm³/mol. The number of ether oxygens (including phenoxy) is 1. The lowest BCUT2D eigenvalue weighted by atomic mass is 9.90. The van der Waals surface area contributed by atoms with E-state index in [1.165, 1.54) is 5.39 Å². The van der Waals surface area contributed by atoms with Crippen LogP contribution < -0.4 is 15.4 Å². The van der Waals surface area contributed by atoms with Gasteiger partial charge in [-0.1, -0.05) is 19.4 Å². The SMILES string of the molecule is CCC1CN(c2nccc3ccc(OC)cc23)CCC1N. The zero-order valence-electron chi connectivity index (χ0n) is 12.7. The number of fused-ring (bicyclic) bond motifs is 1. The Labute approximate surface area is 125 Å². The summed E-state index contributed by atoms with van der Waals surface area (Å²) in [6, 6.07) is 8.52. The van der Waals surface area contributed by atoms with E-state index >= 15 is 0 Å². The fourth-order valence-electron chi connectivity index (χ4n) is 3.19. The summed E-state index contributed by atoms with van der Waals surface area (Å²) in [5.41, 5.74) is 6.22. The molecule has 0 aliphatic carbocycles. The molecule has 2 heterocycles. The van der Waals surface area contributed by atoms with Gasteiger partial charge in [0, 0.05) is 30.7 Å². The Hall–Kier alpha value is -1.81. The highest BCUT2D eigenvalue weighted by atomic mass is 16.5. The number of hydrogen-bond acceptors (Lipinski definition) is 4. The zero-order chi connectivity index (χ0) is 14.8. The Morgan fingerprint density at radius 2 is 2.24 bits per heavy atom. The molecule has 112 valence electrons. The number of anilines is 1. The van der Waals surface area contributed by atoms with Crippen LogP contribution in [0.15, 0.2) is 30.5 Å². The first-order valence-electron chi connectivity index (χ1n) is 7.66. The van der Waals surface area contributed by atoms with Crippen molar-refractivity contribution in [2.24, 2.45) is 11.7 Å². The smallest absolute Gasteiger partial charge is 0.136 e. The van der Waals surface area contributed by atoms with Gasteiger partial charge in [-0.25, -0.2) is 4.98 Å². The van der Waals surface area contributed by atoms with E-state index in [0.717, 1.165) is 42.9 Å². The number of nitrogens with two attached hydrogens (primary N) is 1. The molecule has 3 rings (SSSR count). The van der Waals surface area contributed by atoms with Gasteiger partial charge in [-0.05, 0) is 35.9 Å². The predicted octanol–water partition coefficient (Wildman–Crippen LogP) is 2.81. The van der Waals surface area contributed by atoms with Gasteiger partial charge in [-0.2, -0.15) is 0 Å². The maximum Gasteiger partial charge on any atom is 0.136 e. The molecule has 2 atom stereocenters. The average molecular weight is 285 g/mol. The van der Waals surface area contributed by atoms with Crippen LogP contribution in [0.2, 0.25) is 0 Å². The summed E-state index contributed by atoms with van der Waals surface area (Å²) >= 11 is 0. The van der Waals surface area contributed by atoms with Crippen LogP contribution in [0.25, 0.3) is 10.8 Å². The molecule has 1 aromatic heterocycles. The molecular formula is C17H23N3O. The van der Waals surface area contributed by atoms with E-state index in [1.54, 1.807) is 7.11 Å². The van der Waals surface area contributed by atoms with E-state index < -0.39 is 0 Å². The minimum absolute atomic E-state index is 0.316. The van der Waals surface area contributed by atoms with Crippen molar-refractivity contribution in [2.75, 3.05) is 25.1 Å². The molecule has 1 aliphatic heterocycles. The molecule has 4 nitrogen and oxygen atoms in total. The van der Waals surface area contributed by atoms with Gasteiger partial charge in [-0.3, -0.25) is 0 Å². The van der Waals surface area contributed by atoms with E-state index in [2.05, 4.69) is 28.9 Å². The van der Waals surface area contributed by atoms with E-state index in [1.807, 2.05) is 18.3 Å². The minimum atomic E-state index is 0.316. The molecule has 0 amide bonds. The van der Waals surface area contributed by atoms with Crippen LogP contribution in [0.4, 0.5) is 5.82 Å². The van der Waals surface area contributed by atoms with Gasteiger partial charge in [-0.15, -0.1) is 0 Å². The Morgan fingerprint density at radius 1 is 1.38 bits per heavy atom. The third-order valence-electron chi connectivity index (χ3n) is 4.57. The van der Waals surface area contributed by atoms with Crippen LogP contribution >= 0.6 is 0 Å². The second kappa shape index (κ2) is 5.90. The van der Waals surface area contributed by atoms with Gasteiger partial charge in [0.2, 0.25) is 0 Å². The van der Waals surface area contributed by atoms with E-state index in [9.17, 15) is 0 Å². The lowest BCUT2D eigenvalue weighted by molar-refractivity contribution is 0.347. The number of piperidine rings is 1. The van der Waals surface area contributed by atoms with Gasteiger partial charge in [0.05, 0.1) is 7.11 Å². The van der Waals surface area contributed by atoms with Gasteiger partial charge >= 0.3 is 0 Å².